The number of anilines is 1. The first-order valence-electron chi connectivity index (χ1n) is 8.80. The smallest absolute Gasteiger partial charge is 0.254 e. The fourth-order valence-corrected chi connectivity index (χ4v) is 3.83. The molecule has 2 fully saturated rings. The molecule has 0 spiro atoms. The van der Waals surface area contributed by atoms with Gasteiger partial charge >= 0.3 is 0 Å². The van der Waals surface area contributed by atoms with Crippen molar-refractivity contribution in [2.75, 3.05) is 31.6 Å². The molecule has 2 aliphatic rings. The molecule has 1 aromatic carbocycles. The van der Waals surface area contributed by atoms with Crippen LogP contribution in [0.25, 0.3) is 0 Å². The monoisotopic (exact) mass is 356 g/mol. The number of aryl methyl sites for hydroxylation is 1. The first-order valence-corrected chi connectivity index (χ1v) is 8.80. The lowest BCUT2D eigenvalue weighted by Crippen LogP contribution is -2.32. The number of fused-ring (bicyclic) bond motifs is 1. The zero-order chi connectivity index (χ0) is 18.1. The first kappa shape index (κ1) is 16.9. The Morgan fingerprint density at radius 2 is 2.15 bits per heavy atom. The zero-order valence-electron chi connectivity index (χ0n) is 14.6. The van der Waals surface area contributed by atoms with E-state index in [9.17, 15) is 9.18 Å². The number of carbonyl (C=O) groups is 1. The van der Waals surface area contributed by atoms with Crippen molar-refractivity contribution in [1.29, 1.82) is 0 Å². The molecule has 2 aliphatic heterocycles. The average molecular weight is 356 g/mol. The second-order valence-electron chi connectivity index (χ2n) is 6.92. The van der Waals surface area contributed by atoms with E-state index < -0.39 is 0 Å². The van der Waals surface area contributed by atoms with E-state index in [2.05, 4.69) is 15.3 Å². The Balaban J connectivity index is 1.40. The number of halogens is 1. The Hall–Kier alpha value is -2.54. The van der Waals surface area contributed by atoms with Crippen molar-refractivity contribution in [3.63, 3.8) is 0 Å². The topological polar surface area (TPSA) is 67.4 Å². The van der Waals surface area contributed by atoms with Crippen molar-refractivity contribution < 1.29 is 13.9 Å². The molecule has 0 bridgehead atoms. The van der Waals surface area contributed by atoms with Gasteiger partial charge in [0, 0.05) is 49.4 Å². The molecule has 3 heterocycles. The summed E-state index contributed by atoms with van der Waals surface area (Å²) in [7, 11) is 0. The van der Waals surface area contributed by atoms with Crippen molar-refractivity contribution in [2.45, 2.75) is 13.0 Å². The van der Waals surface area contributed by atoms with Crippen LogP contribution in [0.5, 0.6) is 0 Å². The Kier molecular flexibility index (Phi) is 4.55. The minimum Gasteiger partial charge on any atom is -0.376 e. The van der Waals surface area contributed by atoms with Gasteiger partial charge in [-0.3, -0.25) is 4.79 Å². The van der Waals surface area contributed by atoms with Crippen LogP contribution < -0.4 is 5.32 Å². The highest BCUT2D eigenvalue weighted by molar-refractivity contribution is 5.95. The standard InChI is InChI=1S/C19H21FN4O2/c1-12-7-14(20)3-4-15(12)18(25)24-9-16-13(11-26-17(16)10-24)8-23-19-21-5-2-6-22-19/h2-7,13,16-17H,8-11H2,1H3,(H,21,22,23)/t13-,16+,17+/m0/s1. The van der Waals surface area contributed by atoms with E-state index in [1.54, 1.807) is 31.5 Å². The van der Waals surface area contributed by atoms with Crippen LogP contribution in [-0.4, -0.2) is 53.1 Å². The van der Waals surface area contributed by atoms with Gasteiger partial charge in [-0.15, -0.1) is 0 Å². The van der Waals surface area contributed by atoms with Crippen LogP contribution in [0, 0.1) is 24.6 Å². The first-order chi connectivity index (χ1) is 12.6. The molecule has 1 aromatic heterocycles. The molecule has 4 rings (SSSR count). The third-order valence-electron chi connectivity index (χ3n) is 5.23. The van der Waals surface area contributed by atoms with Crippen molar-refractivity contribution in [3.8, 4) is 0 Å². The number of carbonyl (C=O) groups excluding carboxylic acids is 1. The number of rotatable bonds is 4. The Morgan fingerprint density at radius 3 is 2.92 bits per heavy atom. The third-order valence-corrected chi connectivity index (χ3v) is 5.23. The molecule has 0 unspecified atom stereocenters. The lowest BCUT2D eigenvalue weighted by molar-refractivity contribution is 0.0679. The maximum absolute atomic E-state index is 13.3. The number of hydrogen-bond acceptors (Lipinski definition) is 5. The van der Waals surface area contributed by atoms with Crippen molar-refractivity contribution in [2.24, 2.45) is 11.8 Å². The van der Waals surface area contributed by atoms with E-state index in [1.807, 2.05) is 4.90 Å². The zero-order valence-corrected chi connectivity index (χ0v) is 14.6. The summed E-state index contributed by atoms with van der Waals surface area (Å²) in [4.78, 5) is 23.0. The summed E-state index contributed by atoms with van der Waals surface area (Å²) in [6.45, 7) is 4.38. The van der Waals surface area contributed by atoms with E-state index in [1.165, 1.54) is 12.1 Å². The number of hydrogen-bond donors (Lipinski definition) is 1. The number of aromatic nitrogens is 2. The lowest BCUT2D eigenvalue weighted by Gasteiger charge is -2.21. The second kappa shape index (κ2) is 6.99. The molecule has 136 valence electrons. The van der Waals surface area contributed by atoms with E-state index in [0.29, 0.717) is 49.2 Å². The van der Waals surface area contributed by atoms with Crippen LogP contribution in [0.3, 0.4) is 0 Å². The summed E-state index contributed by atoms with van der Waals surface area (Å²) in [5.74, 6) is 0.809. The van der Waals surface area contributed by atoms with E-state index in [-0.39, 0.29) is 23.7 Å². The number of likely N-dealkylation sites (tertiary alicyclic amines) is 1. The number of amides is 1. The summed E-state index contributed by atoms with van der Waals surface area (Å²) in [5.41, 5.74) is 1.21. The molecule has 0 saturated carbocycles. The lowest BCUT2D eigenvalue weighted by atomic mass is 9.93. The average Bonchev–Trinajstić information content (AvgIpc) is 3.21. The van der Waals surface area contributed by atoms with Gasteiger partial charge in [-0.2, -0.15) is 0 Å². The molecular formula is C19H21FN4O2. The molecule has 7 heteroatoms. The number of benzene rings is 1. The Morgan fingerprint density at radius 1 is 1.35 bits per heavy atom. The summed E-state index contributed by atoms with van der Waals surface area (Å²) in [6, 6.07) is 6.07. The van der Waals surface area contributed by atoms with Gasteiger partial charge in [0.1, 0.15) is 5.82 Å². The molecule has 1 amide bonds. The summed E-state index contributed by atoms with van der Waals surface area (Å²) in [6.07, 6.45) is 3.46. The van der Waals surface area contributed by atoms with E-state index in [0.717, 1.165) is 0 Å². The highest BCUT2D eigenvalue weighted by atomic mass is 19.1. The molecular weight excluding hydrogens is 335 g/mol. The van der Waals surface area contributed by atoms with Crippen LogP contribution in [0.4, 0.5) is 10.3 Å². The van der Waals surface area contributed by atoms with Gasteiger partial charge in [0.15, 0.2) is 0 Å². The fourth-order valence-electron chi connectivity index (χ4n) is 3.83. The number of ether oxygens (including phenoxy) is 1. The van der Waals surface area contributed by atoms with Gasteiger partial charge in [0.2, 0.25) is 5.95 Å². The summed E-state index contributed by atoms with van der Waals surface area (Å²) in [5, 5.41) is 3.24. The third kappa shape index (κ3) is 3.26. The molecule has 2 aromatic rings. The van der Waals surface area contributed by atoms with Crippen LogP contribution in [0.2, 0.25) is 0 Å². The SMILES string of the molecule is Cc1cc(F)ccc1C(=O)N1C[C@@H]2[C@@H](CNc3ncccn3)CO[C@@H]2C1. The van der Waals surface area contributed by atoms with Crippen molar-refractivity contribution >= 4 is 11.9 Å². The van der Waals surface area contributed by atoms with Gasteiger partial charge in [-0.1, -0.05) is 0 Å². The minimum absolute atomic E-state index is 0.0569. The normalized spacial score (nSPS) is 24.5. The number of nitrogens with one attached hydrogen (secondary N) is 1. The van der Waals surface area contributed by atoms with Gasteiger partial charge in [0.05, 0.1) is 12.7 Å². The predicted molar refractivity (Wildman–Crippen MR) is 94.3 cm³/mol. The predicted octanol–water partition coefficient (Wildman–Crippen LogP) is 2.12. The maximum atomic E-state index is 13.3. The Bertz CT molecular complexity index is 801. The molecule has 6 nitrogen and oxygen atoms in total. The summed E-state index contributed by atoms with van der Waals surface area (Å²) >= 11 is 0. The highest BCUT2D eigenvalue weighted by Crippen LogP contribution is 2.34. The van der Waals surface area contributed by atoms with Gasteiger partial charge in [-0.25, -0.2) is 14.4 Å². The van der Waals surface area contributed by atoms with E-state index in [4.69, 9.17) is 4.74 Å². The minimum atomic E-state index is -0.324. The molecule has 26 heavy (non-hydrogen) atoms. The molecule has 2 saturated heterocycles. The van der Waals surface area contributed by atoms with Gasteiger partial charge in [-0.05, 0) is 36.8 Å². The number of nitrogens with zero attached hydrogens (tertiary/aromatic N) is 3. The van der Waals surface area contributed by atoms with Gasteiger partial charge in [0.25, 0.3) is 5.91 Å². The van der Waals surface area contributed by atoms with Crippen LogP contribution in [0.1, 0.15) is 15.9 Å². The second-order valence-corrected chi connectivity index (χ2v) is 6.92. The highest BCUT2D eigenvalue weighted by Gasteiger charge is 2.45. The molecule has 0 aliphatic carbocycles. The molecule has 3 atom stereocenters. The molecule has 1 N–H and O–H groups in total. The van der Waals surface area contributed by atoms with Crippen molar-refractivity contribution in [1.82, 2.24) is 14.9 Å². The maximum Gasteiger partial charge on any atom is 0.254 e. The van der Waals surface area contributed by atoms with Crippen LogP contribution in [0.15, 0.2) is 36.7 Å². The van der Waals surface area contributed by atoms with E-state index >= 15 is 0 Å². The Labute approximate surface area is 151 Å². The van der Waals surface area contributed by atoms with Crippen LogP contribution >= 0.6 is 0 Å². The quantitative estimate of drug-likeness (QED) is 0.909. The largest absolute Gasteiger partial charge is 0.376 e. The molecule has 0 radical (unpaired) electrons. The van der Waals surface area contributed by atoms with Gasteiger partial charge < -0.3 is 15.0 Å². The fraction of sp³-hybridized carbons (Fsp3) is 0.421. The summed E-state index contributed by atoms with van der Waals surface area (Å²) < 4.78 is 19.2. The van der Waals surface area contributed by atoms with Crippen molar-refractivity contribution in [3.05, 3.63) is 53.6 Å². The van der Waals surface area contributed by atoms with Crippen LogP contribution in [-0.2, 0) is 4.74 Å².